The van der Waals surface area contributed by atoms with Crippen LogP contribution >= 0.6 is 0 Å². The summed E-state index contributed by atoms with van der Waals surface area (Å²) in [4.78, 5) is 26.1. The minimum atomic E-state index is -0.898. The lowest BCUT2D eigenvalue weighted by atomic mass is 9.95. The van der Waals surface area contributed by atoms with Crippen LogP contribution in [0.1, 0.15) is 28.8 Å². The van der Waals surface area contributed by atoms with Crippen molar-refractivity contribution in [3.63, 3.8) is 0 Å². The van der Waals surface area contributed by atoms with Crippen molar-refractivity contribution in [1.82, 2.24) is 10.2 Å². The molecule has 2 amide bonds. The van der Waals surface area contributed by atoms with Crippen LogP contribution in [0.25, 0.3) is 0 Å². The van der Waals surface area contributed by atoms with Crippen molar-refractivity contribution in [1.29, 1.82) is 0 Å². The lowest BCUT2D eigenvalue weighted by Crippen LogP contribution is -2.43. The molecule has 1 saturated heterocycles. The molecule has 2 aromatic rings. The van der Waals surface area contributed by atoms with E-state index in [9.17, 15) is 22.8 Å². The lowest BCUT2D eigenvalue weighted by Gasteiger charge is -2.31. The minimum absolute atomic E-state index is 0.103. The molecule has 0 bridgehead atoms. The fourth-order valence-electron chi connectivity index (χ4n) is 3.15. The van der Waals surface area contributed by atoms with Crippen molar-refractivity contribution in [3.05, 3.63) is 71.0 Å². The number of halogens is 3. The Hall–Kier alpha value is -2.83. The van der Waals surface area contributed by atoms with Gasteiger partial charge in [0.15, 0.2) is 0 Å². The molecule has 0 unspecified atom stereocenters. The number of hydrogen-bond donors (Lipinski definition) is 1. The molecule has 27 heavy (non-hydrogen) atoms. The molecule has 1 aliphatic heterocycles. The van der Waals surface area contributed by atoms with Gasteiger partial charge >= 0.3 is 0 Å². The molecular formula is C20H19F3N2O2. The van der Waals surface area contributed by atoms with Crippen LogP contribution in [0, 0.1) is 23.4 Å². The van der Waals surface area contributed by atoms with E-state index in [4.69, 9.17) is 0 Å². The highest BCUT2D eigenvalue weighted by Crippen LogP contribution is 2.21. The Morgan fingerprint density at radius 1 is 1.00 bits per heavy atom. The van der Waals surface area contributed by atoms with E-state index in [2.05, 4.69) is 5.32 Å². The van der Waals surface area contributed by atoms with Crippen LogP contribution in [0.15, 0.2) is 42.5 Å². The van der Waals surface area contributed by atoms with Gasteiger partial charge in [-0.3, -0.25) is 9.59 Å². The first-order valence-electron chi connectivity index (χ1n) is 8.71. The van der Waals surface area contributed by atoms with Crippen molar-refractivity contribution in [2.45, 2.75) is 19.4 Å². The molecule has 1 fully saturated rings. The molecule has 3 rings (SSSR count). The maximum absolute atomic E-state index is 13.8. The van der Waals surface area contributed by atoms with Crippen molar-refractivity contribution in [3.8, 4) is 0 Å². The summed E-state index contributed by atoms with van der Waals surface area (Å²) in [5.41, 5.74) is 0.226. The third-order valence-corrected chi connectivity index (χ3v) is 4.73. The standard InChI is InChI=1S/C20H19F3N2O2/c21-15-5-6-16(18(23)11-15)20(27)25-9-7-13(8-10-25)19(26)24-12-14-3-1-2-4-17(14)22/h1-6,11,13H,7-10,12H2,(H,24,26). The number of carbonyl (C=O) groups is 2. The Morgan fingerprint density at radius 3 is 2.37 bits per heavy atom. The number of carbonyl (C=O) groups excluding carboxylic acids is 2. The summed E-state index contributed by atoms with van der Waals surface area (Å²) < 4.78 is 40.3. The van der Waals surface area contributed by atoms with E-state index in [1.807, 2.05) is 0 Å². The second-order valence-corrected chi connectivity index (χ2v) is 6.50. The first kappa shape index (κ1) is 18.9. The van der Waals surface area contributed by atoms with Crippen LogP contribution in [0.2, 0.25) is 0 Å². The predicted octanol–water partition coefficient (Wildman–Crippen LogP) is 3.27. The summed E-state index contributed by atoms with van der Waals surface area (Å²) in [6.45, 7) is 0.701. The molecule has 0 aliphatic carbocycles. The molecule has 7 heteroatoms. The number of piperidine rings is 1. The summed E-state index contributed by atoms with van der Waals surface area (Å²) in [6.07, 6.45) is 0.856. The van der Waals surface area contributed by atoms with Crippen LogP contribution in [0.4, 0.5) is 13.2 Å². The Kier molecular flexibility index (Phi) is 5.78. The third-order valence-electron chi connectivity index (χ3n) is 4.73. The van der Waals surface area contributed by atoms with Crippen LogP contribution in [0.5, 0.6) is 0 Å². The fourth-order valence-corrected chi connectivity index (χ4v) is 3.15. The van der Waals surface area contributed by atoms with Crippen LogP contribution in [-0.2, 0) is 11.3 Å². The van der Waals surface area contributed by atoms with Crippen molar-refractivity contribution >= 4 is 11.8 Å². The molecule has 0 atom stereocenters. The van der Waals surface area contributed by atoms with Gasteiger partial charge in [0.2, 0.25) is 5.91 Å². The molecular weight excluding hydrogens is 357 g/mol. The zero-order valence-corrected chi connectivity index (χ0v) is 14.6. The smallest absolute Gasteiger partial charge is 0.256 e. The zero-order chi connectivity index (χ0) is 19.4. The van der Waals surface area contributed by atoms with E-state index in [1.54, 1.807) is 18.2 Å². The van der Waals surface area contributed by atoms with Crippen LogP contribution in [-0.4, -0.2) is 29.8 Å². The highest BCUT2D eigenvalue weighted by molar-refractivity contribution is 5.94. The average Bonchev–Trinajstić information content (AvgIpc) is 2.67. The van der Waals surface area contributed by atoms with Gasteiger partial charge in [0.05, 0.1) is 5.56 Å². The Labute approximate surface area is 155 Å². The Morgan fingerprint density at radius 2 is 1.70 bits per heavy atom. The van der Waals surface area contributed by atoms with E-state index in [0.717, 1.165) is 12.1 Å². The monoisotopic (exact) mass is 376 g/mol. The topological polar surface area (TPSA) is 49.4 Å². The van der Waals surface area contributed by atoms with E-state index in [-0.39, 0.29) is 29.8 Å². The fraction of sp³-hybridized carbons (Fsp3) is 0.300. The summed E-state index contributed by atoms with van der Waals surface area (Å²) >= 11 is 0. The van der Waals surface area contributed by atoms with Crippen molar-refractivity contribution in [2.75, 3.05) is 13.1 Å². The molecule has 4 nitrogen and oxygen atoms in total. The summed E-state index contributed by atoms with van der Waals surface area (Å²) in [7, 11) is 0. The van der Waals surface area contributed by atoms with Gasteiger partial charge in [-0.2, -0.15) is 0 Å². The maximum atomic E-state index is 13.8. The summed E-state index contributed by atoms with van der Waals surface area (Å²) in [6, 6.07) is 9.06. The SMILES string of the molecule is O=C(NCc1ccccc1F)C1CCN(C(=O)c2ccc(F)cc2F)CC1. The van der Waals surface area contributed by atoms with Gasteiger partial charge in [-0.15, -0.1) is 0 Å². The van der Waals surface area contributed by atoms with E-state index < -0.39 is 17.5 Å². The number of nitrogens with zero attached hydrogens (tertiary/aromatic N) is 1. The number of rotatable bonds is 4. The Bertz CT molecular complexity index is 849. The maximum Gasteiger partial charge on any atom is 0.256 e. The second kappa shape index (κ2) is 8.24. The number of amides is 2. The molecule has 2 aromatic carbocycles. The van der Waals surface area contributed by atoms with Gasteiger partial charge in [-0.1, -0.05) is 18.2 Å². The van der Waals surface area contributed by atoms with Crippen molar-refractivity contribution < 1.29 is 22.8 Å². The first-order valence-corrected chi connectivity index (χ1v) is 8.71. The number of benzene rings is 2. The predicted molar refractivity (Wildman–Crippen MR) is 93.2 cm³/mol. The third kappa shape index (κ3) is 4.48. The second-order valence-electron chi connectivity index (χ2n) is 6.50. The number of likely N-dealkylation sites (tertiary alicyclic amines) is 1. The molecule has 0 spiro atoms. The largest absolute Gasteiger partial charge is 0.352 e. The van der Waals surface area contributed by atoms with E-state index in [1.165, 1.54) is 11.0 Å². The summed E-state index contributed by atoms with van der Waals surface area (Å²) in [5.74, 6) is -3.02. The molecule has 0 aromatic heterocycles. The van der Waals surface area contributed by atoms with Gasteiger partial charge in [0, 0.05) is 37.2 Å². The Balaban J connectivity index is 1.53. The highest BCUT2D eigenvalue weighted by Gasteiger charge is 2.28. The molecule has 0 radical (unpaired) electrons. The normalized spacial score (nSPS) is 14.9. The summed E-state index contributed by atoms with van der Waals surface area (Å²) in [5, 5.41) is 2.72. The van der Waals surface area contributed by atoms with Crippen LogP contribution < -0.4 is 5.32 Å². The molecule has 1 heterocycles. The van der Waals surface area contributed by atoms with Crippen LogP contribution in [0.3, 0.4) is 0 Å². The molecule has 1 aliphatic rings. The number of hydrogen-bond acceptors (Lipinski definition) is 2. The average molecular weight is 376 g/mol. The van der Waals surface area contributed by atoms with Gasteiger partial charge in [-0.25, -0.2) is 13.2 Å². The minimum Gasteiger partial charge on any atom is -0.352 e. The lowest BCUT2D eigenvalue weighted by molar-refractivity contribution is -0.126. The van der Waals surface area contributed by atoms with Gasteiger partial charge in [0.25, 0.3) is 5.91 Å². The van der Waals surface area contributed by atoms with Gasteiger partial charge < -0.3 is 10.2 Å². The highest BCUT2D eigenvalue weighted by atomic mass is 19.1. The molecule has 1 N–H and O–H groups in total. The van der Waals surface area contributed by atoms with Crippen molar-refractivity contribution in [2.24, 2.45) is 5.92 Å². The van der Waals surface area contributed by atoms with E-state index >= 15 is 0 Å². The van der Waals surface area contributed by atoms with Gasteiger partial charge in [-0.05, 0) is 31.0 Å². The molecule has 0 saturated carbocycles. The number of nitrogens with one attached hydrogen (secondary N) is 1. The molecule has 142 valence electrons. The zero-order valence-electron chi connectivity index (χ0n) is 14.6. The van der Waals surface area contributed by atoms with E-state index in [0.29, 0.717) is 37.6 Å². The van der Waals surface area contributed by atoms with Gasteiger partial charge in [0.1, 0.15) is 17.5 Å². The first-order chi connectivity index (χ1) is 13.0. The quantitative estimate of drug-likeness (QED) is 0.890.